The standard InChI is InChI=1S/C12H9ClFNO/c13-7-9-4-10(14)6-12(5-9)16-11-2-1-3-15-8-11/h1-6,8H,7H2. The molecule has 0 bridgehead atoms. The van der Waals surface area contributed by atoms with Gasteiger partial charge >= 0.3 is 0 Å². The highest BCUT2D eigenvalue weighted by atomic mass is 35.5. The molecule has 1 heterocycles. The maximum Gasteiger partial charge on any atom is 0.145 e. The number of nitrogens with zero attached hydrogens (tertiary/aromatic N) is 1. The molecule has 82 valence electrons. The highest BCUT2D eigenvalue weighted by Crippen LogP contribution is 2.23. The van der Waals surface area contributed by atoms with Crippen molar-refractivity contribution in [2.75, 3.05) is 0 Å². The van der Waals surface area contributed by atoms with Crippen LogP contribution in [-0.2, 0) is 5.88 Å². The van der Waals surface area contributed by atoms with Gasteiger partial charge in [-0.2, -0.15) is 0 Å². The van der Waals surface area contributed by atoms with E-state index in [1.807, 2.05) is 0 Å². The van der Waals surface area contributed by atoms with Gasteiger partial charge in [0.25, 0.3) is 0 Å². The Bertz CT molecular complexity index is 476. The highest BCUT2D eigenvalue weighted by Gasteiger charge is 2.02. The zero-order valence-corrected chi connectivity index (χ0v) is 9.12. The molecular weight excluding hydrogens is 229 g/mol. The van der Waals surface area contributed by atoms with E-state index in [1.165, 1.54) is 12.1 Å². The number of hydrogen-bond donors (Lipinski definition) is 0. The summed E-state index contributed by atoms with van der Waals surface area (Å²) in [4.78, 5) is 3.90. The fourth-order valence-corrected chi connectivity index (χ4v) is 1.45. The van der Waals surface area contributed by atoms with Crippen molar-refractivity contribution in [3.63, 3.8) is 0 Å². The average Bonchev–Trinajstić information content (AvgIpc) is 2.29. The number of benzene rings is 1. The second kappa shape index (κ2) is 4.94. The van der Waals surface area contributed by atoms with Gasteiger partial charge in [0.1, 0.15) is 17.3 Å². The number of rotatable bonds is 3. The molecule has 0 aliphatic rings. The molecule has 0 amide bonds. The van der Waals surface area contributed by atoms with Crippen molar-refractivity contribution in [1.82, 2.24) is 4.98 Å². The summed E-state index contributed by atoms with van der Waals surface area (Å²) in [5.74, 6) is 0.871. The second-order valence-electron chi connectivity index (χ2n) is 3.22. The quantitative estimate of drug-likeness (QED) is 0.759. The Morgan fingerprint density at radius 2 is 2.12 bits per heavy atom. The Hall–Kier alpha value is -1.61. The first-order chi connectivity index (χ1) is 7.78. The van der Waals surface area contributed by atoms with Crippen molar-refractivity contribution in [1.29, 1.82) is 0 Å². The van der Waals surface area contributed by atoms with Crippen molar-refractivity contribution in [2.45, 2.75) is 5.88 Å². The minimum Gasteiger partial charge on any atom is -0.456 e. The zero-order valence-electron chi connectivity index (χ0n) is 8.36. The summed E-state index contributed by atoms with van der Waals surface area (Å²) in [7, 11) is 0. The molecule has 0 N–H and O–H groups in total. The van der Waals surface area contributed by atoms with Gasteiger partial charge in [-0.1, -0.05) is 0 Å². The molecule has 0 saturated heterocycles. The van der Waals surface area contributed by atoms with Crippen LogP contribution in [0, 0.1) is 5.82 Å². The van der Waals surface area contributed by atoms with Gasteiger partial charge in [0, 0.05) is 18.1 Å². The molecule has 1 aromatic heterocycles. The van der Waals surface area contributed by atoms with E-state index in [4.69, 9.17) is 16.3 Å². The van der Waals surface area contributed by atoms with Crippen LogP contribution >= 0.6 is 11.6 Å². The summed E-state index contributed by atoms with van der Waals surface area (Å²) in [5.41, 5.74) is 0.681. The summed E-state index contributed by atoms with van der Waals surface area (Å²) in [6.07, 6.45) is 3.20. The Labute approximate surface area is 97.7 Å². The van der Waals surface area contributed by atoms with Crippen molar-refractivity contribution in [2.24, 2.45) is 0 Å². The fraction of sp³-hybridized carbons (Fsp3) is 0.0833. The van der Waals surface area contributed by atoms with Crippen molar-refractivity contribution < 1.29 is 9.13 Å². The van der Waals surface area contributed by atoms with Crippen molar-refractivity contribution in [3.8, 4) is 11.5 Å². The summed E-state index contributed by atoms with van der Waals surface area (Å²) in [6, 6.07) is 7.88. The largest absolute Gasteiger partial charge is 0.456 e. The first-order valence-electron chi connectivity index (χ1n) is 4.71. The van der Waals surface area contributed by atoms with Crippen molar-refractivity contribution >= 4 is 11.6 Å². The topological polar surface area (TPSA) is 22.1 Å². The van der Waals surface area contributed by atoms with E-state index in [0.717, 1.165) is 0 Å². The SMILES string of the molecule is Fc1cc(CCl)cc(Oc2cccnc2)c1. The lowest BCUT2D eigenvalue weighted by Gasteiger charge is -2.06. The van der Waals surface area contributed by atoms with Crippen LogP contribution in [0.15, 0.2) is 42.7 Å². The predicted molar refractivity (Wildman–Crippen MR) is 60.3 cm³/mol. The monoisotopic (exact) mass is 237 g/mol. The number of pyridine rings is 1. The van der Waals surface area contributed by atoms with Crippen LogP contribution in [0.1, 0.15) is 5.56 Å². The summed E-state index contributed by atoms with van der Waals surface area (Å²) < 4.78 is 18.6. The number of ether oxygens (including phenoxy) is 1. The van der Waals surface area contributed by atoms with E-state index in [2.05, 4.69) is 4.98 Å². The van der Waals surface area contributed by atoms with Crippen LogP contribution in [0.2, 0.25) is 0 Å². The number of alkyl halides is 1. The van der Waals surface area contributed by atoms with Crippen LogP contribution in [0.25, 0.3) is 0 Å². The second-order valence-corrected chi connectivity index (χ2v) is 3.49. The van der Waals surface area contributed by atoms with E-state index in [0.29, 0.717) is 17.1 Å². The third kappa shape index (κ3) is 2.70. The minimum absolute atomic E-state index is 0.251. The van der Waals surface area contributed by atoms with E-state index in [-0.39, 0.29) is 11.7 Å². The number of aromatic nitrogens is 1. The summed E-state index contributed by atoms with van der Waals surface area (Å²) in [6.45, 7) is 0. The summed E-state index contributed by atoms with van der Waals surface area (Å²) >= 11 is 5.64. The molecule has 0 spiro atoms. The van der Waals surface area contributed by atoms with Gasteiger partial charge in [0.2, 0.25) is 0 Å². The van der Waals surface area contributed by atoms with Crippen molar-refractivity contribution in [3.05, 3.63) is 54.1 Å². The molecule has 0 fully saturated rings. The molecule has 2 aromatic rings. The smallest absolute Gasteiger partial charge is 0.145 e. The van der Waals surface area contributed by atoms with Gasteiger partial charge in [-0.15, -0.1) is 11.6 Å². The third-order valence-corrected chi connectivity index (χ3v) is 2.26. The van der Waals surface area contributed by atoms with E-state index in [1.54, 1.807) is 30.6 Å². The highest BCUT2D eigenvalue weighted by molar-refractivity contribution is 6.17. The maximum absolute atomic E-state index is 13.2. The normalized spacial score (nSPS) is 10.1. The molecule has 4 heteroatoms. The third-order valence-electron chi connectivity index (χ3n) is 1.96. The predicted octanol–water partition coefficient (Wildman–Crippen LogP) is 3.75. The summed E-state index contributed by atoms with van der Waals surface area (Å²) in [5, 5.41) is 0. The lowest BCUT2D eigenvalue weighted by Crippen LogP contribution is -1.88. The molecule has 2 rings (SSSR count). The Morgan fingerprint density at radius 1 is 1.25 bits per heavy atom. The van der Waals surface area contributed by atoms with Gasteiger partial charge in [0.05, 0.1) is 6.20 Å². The molecule has 0 unspecified atom stereocenters. The maximum atomic E-state index is 13.2. The number of hydrogen-bond acceptors (Lipinski definition) is 2. The fourth-order valence-electron chi connectivity index (χ4n) is 1.30. The van der Waals surface area contributed by atoms with Crippen LogP contribution in [0.3, 0.4) is 0 Å². The molecule has 0 saturated carbocycles. The van der Waals surface area contributed by atoms with Gasteiger partial charge in [0.15, 0.2) is 0 Å². The van der Waals surface area contributed by atoms with E-state index >= 15 is 0 Å². The molecule has 0 atom stereocenters. The van der Waals surface area contributed by atoms with Gasteiger partial charge in [-0.05, 0) is 29.8 Å². The Balaban J connectivity index is 2.24. The van der Waals surface area contributed by atoms with Crippen LogP contribution in [0.4, 0.5) is 4.39 Å². The van der Waals surface area contributed by atoms with Gasteiger partial charge in [-0.3, -0.25) is 4.98 Å². The van der Waals surface area contributed by atoms with Crippen LogP contribution < -0.4 is 4.74 Å². The van der Waals surface area contributed by atoms with Gasteiger partial charge in [-0.25, -0.2) is 4.39 Å². The Morgan fingerprint density at radius 3 is 2.81 bits per heavy atom. The zero-order chi connectivity index (χ0) is 11.4. The first-order valence-corrected chi connectivity index (χ1v) is 5.25. The molecule has 0 aliphatic carbocycles. The molecule has 0 aliphatic heterocycles. The molecule has 0 radical (unpaired) electrons. The Kier molecular flexibility index (Phi) is 3.37. The average molecular weight is 238 g/mol. The van der Waals surface area contributed by atoms with Crippen LogP contribution in [0.5, 0.6) is 11.5 Å². The van der Waals surface area contributed by atoms with Gasteiger partial charge < -0.3 is 4.74 Å². The number of halogens is 2. The molecular formula is C12H9ClFNO. The van der Waals surface area contributed by atoms with E-state index in [9.17, 15) is 4.39 Å². The molecule has 1 aromatic carbocycles. The minimum atomic E-state index is -0.364. The van der Waals surface area contributed by atoms with E-state index < -0.39 is 0 Å². The molecule has 2 nitrogen and oxygen atoms in total. The lowest BCUT2D eigenvalue weighted by atomic mass is 10.2. The molecule has 16 heavy (non-hydrogen) atoms. The van der Waals surface area contributed by atoms with Crippen LogP contribution in [-0.4, -0.2) is 4.98 Å². The first kappa shape index (κ1) is 10.9. The lowest BCUT2D eigenvalue weighted by molar-refractivity contribution is 0.474.